The maximum atomic E-state index is 15.6. The fourth-order valence-electron chi connectivity index (χ4n) is 3.76. The number of hydrogen-bond donors (Lipinski definition) is 0. The quantitative estimate of drug-likeness (QED) is 0.196. The summed E-state index contributed by atoms with van der Waals surface area (Å²) >= 11 is 4.65. The summed E-state index contributed by atoms with van der Waals surface area (Å²) in [6.07, 6.45) is 1.51. The van der Waals surface area contributed by atoms with Crippen LogP contribution >= 0.6 is 27.3 Å². The van der Waals surface area contributed by atoms with Crippen LogP contribution < -0.4 is 4.74 Å². The molecule has 2 aromatic heterocycles. The Morgan fingerprint density at radius 1 is 1.08 bits per heavy atom. The Kier molecular flexibility index (Phi) is 6.34. The largest absolute Gasteiger partial charge is 0.455 e. The van der Waals surface area contributed by atoms with Gasteiger partial charge in [-0.15, -0.1) is 11.3 Å². The van der Waals surface area contributed by atoms with Crippen LogP contribution in [0.3, 0.4) is 0 Å². The van der Waals surface area contributed by atoms with Crippen LogP contribution in [0, 0.1) is 18.2 Å². The van der Waals surface area contributed by atoms with Crippen LogP contribution in [0.4, 0.5) is 14.5 Å². The number of nitrogens with zero attached hydrogens (tertiary/aromatic N) is 3. The van der Waals surface area contributed by atoms with Crippen molar-refractivity contribution in [2.24, 2.45) is 0 Å². The van der Waals surface area contributed by atoms with E-state index >= 15 is 4.39 Å². The van der Waals surface area contributed by atoms with Gasteiger partial charge in [0, 0.05) is 35.0 Å². The molecule has 180 valence electrons. The van der Waals surface area contributed by atoms with Gasteiger partial charge in [0.25, 0.3) is 10.0 Å². The number of aromatic nitrogens is 2. The maximum absolute atomic E-state index is 15.6. The molecule has 0 amide bonds. The lowest BCUT2D eigenvalue weighted by atomic mass is 10.1. The van der Waals surface area contributed by atoms with Gasteiger partial charge in [-0.1, -0.05) is 18.2 Å². The number of halogens is 3. The van der Waals surface area contributed by atoms with E-state index in [1.54, 1.807) is 29.6 Å². The highest BCUT2D eigenvalue weighted by molar-refractivity contribution is 9.10. The zero-order valence-corrected chi connectivity index (χ0v) is 21.4. The second-order valence-corrected chi connectivity index (χ2v) is 11.2. The molecule has 5 rings (SSSR count). The summed E-state index contributed by atoms with van der Waals surface area (Å²) in [5.74, 6) is -1.63. The Hall–Kier alpha value is -3.59. The molecule has 0 radical (unpaired) electrons. The van der Waals surface area contributed by atoms with Gasteiger partial charge in [0.05, 0.1) is 22.0 Å². The number of thiazole rings is 1. The first-order valence-electron chi connectivity index (χ1n) is 10.4. The molecule has 0 aliphatic carbocycles. The number of benzene rings is 3. The smallest absolute Gasteiger partial charge is 0.268 e. The Bertz CT molecular complexity index is 1760. The normalized spacial score (nSPS) is 11.5. The van der Waals surface area contributed by atoms with Gasteiger partial charge in [0.1, 0.15) is 16.2 Å². The first-order chi connectivity index (χ1) is 17.3. The second-order valence-electron chi connectivity index (χ2n) is 7.60. The summed E-state index contributed by atoms with van der Waals surface area (Å²) in [6, 6.07) is 14.1. The molecule has 11 heteroatoms. The molecule has 3 aromatic carbocycles. The van der Waals surface area contributed by atoms with E-state index in [1.165, 1.54) is 41.8 Å². The summed E-state index contributed by atoms with van der Waals surface area (Å²) in [6.45, 7) is 7.12. The van der Waals surface area contributed by atoms with Crippen molar-refractivity contribution in [1.82, 2.24) is 8.96 Å². The standard InChI is InChI=1S/C25H14BrF2N3O3S2/c1-29-21-11-15(7-8-19(21)27)34-25-18(12-24-30-23(26)14-35-24)17-9-10-31(22(17)13-20(25)28)36(32,33)16-5-3-2-4-6-16/h2-11,13-14H,12H2. The molecular weight excluding hydrogens is 572 g/mol. The molecule has 0 aliphatic heterocycles. The van der Waals surface area contributed by atoms with Crippen molar-refractivity contribution >= 4 is 53.9 Å². The van der Waals surface area contributed by atoms with Crippen molar-refractivity contribution in [2.75, 3.05) is 0 Å². The van der Waals surface area contributed by atoms with Gasteiger partial charge in [0.15, 0.2) is 11.6 Å². The van der Waals surface area contributed by atoms with Gasteiger partial charge in [-0.05, 0) is 52.3 Å². The number of fused-ring (bicyclic) bond motifs is 1. The zero-order chi connectivity index (χ0) is 25.4. The van der Waals surface area contributed by atoms with Gasteiger partial charge in [0.2, 0.25) is 5.69 Å². The number of rotatable bonds is 6. The molecule has 5 aromatic rings. The average Bonchev–Trinajstić information content (AvgIpc) is 3.48. The van der Waals surface area contributed by atoms with E-state index in [4.69, 9.17) is 11.3 Å². The molecule has 2 heterocycles. The van der Waals surface area contributed by atoms with E-state index < -0.39 is 21.7 Å². The minimum absolute atomic E-state index is 0.0617. The van der Waals surface area contributed by atoms with Crippen LogP contribution in [0.25, 0.3) is 15.7 Å². The van der Waals surface area contributed by atoms with E-state index in [0.29, 0.717) is 20.6 Å². The van der Waals surface area contributed by atoms with E-state index in [2.05, 4.69) is 25.8 Å². The predicted molar refractivity (Wildman–Crippen MR) is 136 cm³/mol. The van der Waals surface area contributed by atoms with Crippen molar-refractivity contribution in [3.63, 3.8) is 0 Å². The topological polar surface area (TPSA) is 65.6 Å². The summed E-state index contributed by atoms with van der Waals surface area (Å²) in [5, 5.41) is 2.86. The molecule has 0 fully saturated rings. The molecule has 0 N–H and O–H groups in total. The van der Waals surface area contributed by atoms with Crippen LogP contribution in [-0.2, 0) is 16.4 Å². The van der Waals surface area contributed by atoms with E-state index in [1.807, 2.05) is 0 Å². The molecule has 0 bridgehead atoms. The van der Waals surface area contributed by atoms with Crippen LogP contribution in [0.5, 0.6) is 11.5 Å². The number of hydrogen-bond acceptors (Lipinski definition) is 5. The van der Waals surface area contributed by atoms with E-state index in [0.717, 1.165) is 16.1 Å². The average molecular weight is 586 g/mol. The van der Waals surface area contributed by atoms with Crippen molar-refractivity contribution in [2.45, 2.75) is 11.3 Å². The van der Waals surface area contributed by atoms with Gasteiger partial charge < -0.3 is 4.74 Å². The molecule has 0 aliphatic rings. The van der Waals surface area contributed by atoms with Crippen LogP contribution in [0.2, 0.25) is 0 Å². The molecule has 6 nitrogen and oxygen atoms in total. The highest BCUT2D eigenvalue weighted by atomic mass is 79.9. The molecule has 36 heavy (non-hydrogen) atoms. The summed E-state index contributed by atoms with van der Waals surface area (Å²) in [7, 11) is -4.00. The maximum Gasteiger partial charge on any atom is 0.268 e. The zero-order valence-electron chi connectivity index (χ0n) is 18.2. The van der Waals surface area contributed by atoms with Gasteiger partial charge in [-0.2, -0.15) is 0 Å². The summed E-state index contributed by atoms with van der Waals surface area (Å²) < 4.78 is 63.5. The monoisotopic (exact) mass is 585 g/mol. The van der Waals surface area contributed by atoms with Crippen LogP contribution in [-0.4, -0.2) is 17.4 Å². The van der Waals surface area contributed by atoms with E-state index in [9.17, 15) is 12.8 Å². The SMILES string of the molecule is [C-]#[N+]c1cc(Oc2c(F)cc3c(ccn3S(=O)(=O)c3ccccc3)c2Cc2nc(Br)cs2)ccc1F. The van der Waals surface area contributed by atoms with Crippen LogP contribution in [0.15, 0.2) is 81.7 Å². The second kappa shape index (κ2) is 9.46. The Morgan fingerprint density at radius 2 is 1.86 bits per heavy atom. The highest BCUT2D eigenvalue weighted by Crippen LogP contribution is 2.39. The fraction of sp³-hybridized carbons (Fsp3) is 0.0400. The fourth-order valence-corrected chi connectivity index (χ4v) is 6.39. The minimum atomic E-state index is -4.00. The molecule has 0 atom stereocenters. The molecule has 0 saturated carbocycles. The first-order valence-corrected chi connectivity index (χ1v) is 13.5. The first kappa shape index (κ1) is 24.1. The lowest BCUT2D eigenvalue weighted by Gasteiger charge is -2.15. The minimum Gasteiger partial charge on any atom is -0.455 e. The molecule has 0 saturated heterocycles. The predicted octanol–water partition coefficient (Wildman–Crippen LogP) is 7.31. The third kappa shape index (κ3) is 4.39. The van der Waals surface area contributed by atoms with Crippen molar-refractivity contribution in [1.29, 1.82) is 0 Å². The lowest BCUT2D eigenvalue weighted by molar-refractivity contribution is 0.438. The van der Waals surface area contributed by atoms with Crippen molar-refractivity contribution in [3.8, 4) is 11.5 Å². The summed E-state index contributed by atoms with van der Waals surface area (Å²) in [4.78, 5) is 7.55. The third-order valence-electron chi connectivity index (χ3n) is 5.38. The number of ether oxygens (including phenoxy) is 1. The van der Waals surface area contributed by atoms with Gasteiger partial charge >= 0.3 is 0 Å². The summed E-state index contributed by atoms with van der Waals surface area (Å²) in [5.41, 5.74) is 0.234. The van der Waals surface area contributed by atoms with Gasteiger partial charge in [-0.3, -0.25) is 0 Å². The Balaban J connectivity index is 1.70. The molecular formula is C25H14BrF2N3O3S2. The van der Waals surface area contributed by atoms with Crippen molar-refractivity contribution < 1.29 is 21.9 Å². The molecule has 0 unspecified atom stereocenters. The van der Waals surface area contributed by atoms with Gasteiger partial charge in [-0.25, -0.2) is 31.0 Å². The lowest BCUT2D eigenvalue weighted by Crippen LogP contribution is -2.12. The van der Waals surface area contributed by atoms with E-state index in [-0.39, 0.29) is 34.0 Å². The van der Waals surface area contributed by atoms with Crippen LogP contribution in [0.1, 0.15) is 10.6 Å². The Labute approximate surface area is 217 Å². The highest BCUT2D eigenvalue weighted by Gasteiger charge is 2.24. The molecule has 0 spiro atoms. The van der Waals surface area contributed by atoms with Crippen molar-refractivity contribution in [3.05, 3.63) is 110 Å². The third-order valence-corrected chi connectivity index (χ3v) is 8.64. The Morgan fingerprint density at radius 3 is 2.56 bits per heavy atom.